The van der Waals surface area contributed by atoms with Gasteiger partial charge >= 0.3 is 0 Å². The molecule has 3 aromatic rings. The molecular weight excluding hydrogens is 364 g/mol. The number of aryl methyl sites for hydroxylation is 4. The van der Waals surface area contributed by atoms with E-state index in [1.54, 1.807) is 4.68 Å². The number of hydrogen-bond acceptors (Lipinski definition) is 3. The molecule has 1 aliphatic heterocycles. The lowest BCUT2D eigenvalue weighted by Crippen LogP contribution is -2.24. The number of nitrogens with one attached hydrogen (secondary N) is 2. The number of anilines is 2. The summed E-state index contributed by atoms with van der Waals surface area (Å²) in [6.07, 6.45) is 0.0284. The van der Waals surface area contributed by atoms with Gasteiger partial charge in [0, 0.05) is 11.3 Å². The van der Waals surface area contributed by atoms with Crippen molar-refractivity contribution in [2.24, 2.45) is 0 Å². The van der Waals surface area contributed by atoms with Crippen LogP contribution in [0.2, 0.25) is 0 Å². The second-order valence-electron chi connectivity index (χ2n) is 7.70. The second-order valence-corrected chi connectivity index (χ2v) is 7.70. The molecule has 1 aromatic heterocycles. The first-order chi connectivity index (χ1) is 13.8. The average molecular weight is 388 g/mol. The van der Waals surface area contributed by atoms with Crippen LogP contribution in [0.15, 0.2) is 42.5 Å². The minimum absolute atomic E-state index is 0.0284. The molecule has 2 heterocycles. The Labute approximate surface area is 169 Å². The monoisotopic (exact) mass is 388 g/mol. The van der Waals surface area contributed by atoms with E-state index in [1.807, 2.05) is 70.2 Å². The summed E-state index contributed by atoms with van der Waals surface area (Å²) in [4.78, 5) is 25.3. The van der Waals surface area contributed by atoms with Gasteiger partial charge in [-0.2, -0.15) is 5.10 Å². The van der Waals surface area contributed by atoms with E-state index in [9.17, 15) is 9.59 Å². The molecule has 1 aliphatic rings. The summed E-state index contributed by atoms with van der Waals surface area (Å²) in [5.41, 5.74) is 6.70. The zero-order chi connectivity index (χ0) is 20.7. The van der Waals surface area contributed by atoms with Crippen LogP contribution >= 0.6 is 0 Å². The fraction of sp³-hybridized carbons (Fsp3) is 0.261. The zero-order valence-electron chi connectivity index (χ0n) is 17.0. The van der Waals surface area contributed by atoms with Crippen molar-refractivity contribution >= 4 is 23.3 Å². The number of amides is 2. The molecule has 0 spiro atoms. The third kappa shape index (κ3) is 3.53. The summed E-state index contributed by atoms with van der Waals surface area (Å²) in [5, 5.41) is 10.4. The normalized spacial score (nSPS) is 15.2. The highest BCUT2D eigenvalue weighted by atomic mass is 16.2. The predicted molar refractivity (Wildman–Crippen MR) is 114 cm³/mol. The Morgan fingerprint density at radius 1 is 1.07 bits per heavy atom. The molecular formula is C23H24N4O2. The standard InChI is InChI=1S/C23H24N4O2/c1-13-6-9-17(10-7-13)21-16(4)26-27-19(23(29)25-22(21)27)12-20(28)24-18-11-14(2)5-8-15(18)3/h5-11,19H,12H2,1-4H3,(H,24,28)(H,25,29). The van der Waals surface area contributed by atoms with Gasteiger partial charge in [0.05, 0.1) is 12.1 Å². The van der Waals surface area contributed by atoms with Crippen LogP contribution in [0.5, 0.6) is 0 Å². The van der Waals surface area contributed by atoms with Crippen molar-refractivity contribution in [2.45, 2.75) is 40.2 Å². The van der Waals surface area contributed by atoms with Gasteiger partial charge in [-0.15, -0.1) is 0 Å². The Morgan fingerprint density at radius 2 is 1.76 bits per heavy atom. The molecule has 2 N–H and O–H groups in total. The van der Waals surface area contributed by atoms with E-state index in [0.29, 0.717) is 5.82 Å². The number of nitrogens with zero attached hydrogens (tertiary/aromatic N) is 2. The maximum atomic E-state index is 12.7. The van der Waals surface area contributed by atoms with Gasteiger partial charge in [-0.05, 0) is 50.5 Å². The van der Waals surface area contributed by atoms with Gasteiger partial charge in [0.1, 0.15) is 11.9 Å². The van der Waals surface area contributed by atoms with Crippen molar-refractivity contribution in [3.05, 3.63) is 64.8 Å². The molecule has 2 aromatic carbocycles. The molecule has 1 atom stereocenters. The molecule has 0 bridgehead atoms. The van der Waals surface area contributed by atoms with E-state index in [4.69, 9.17) is 0 Å². The molecule has 0 saturated heterocycles. The summed E-state index contributed by atoms with van der Waals surface area (Å²) in [7, 11) is 0. The summed E-state index contributed by atoms with van der Waals surface area (Å²) >= 11 is 0. The number of benzene rings is 2. The minimum atomic E-state index is -0.659. The largest absolute Gasteiger partial charge is 0.326 e. The molecule has 0 radical (unpaired) electrons. The topological polar surface area (TPSA) is 76.0 Å². The van der Waals surface area contributed by atoms with Crippen molar-refractivity contribution in [3.63, 3.8) is 0 Å². The SMILES string of the molecule is Cc1ccc(-c2c(C)nn3c2NC(=O)C3CC(=O)Nc2cc(C)ccc2C)cc1. The third-order valence-corrected chi connectivity index (χ3v) is 5.31. The molecule has 6 nitrogen and oxygen atoms in total. The van der Waals surface area contributed by atoms with E-state index in [1.165, 1.54) is 5.56 Å². The summed E-state index contributed by atoms with van der Waals surface area (Å²) < 4.78 is 1.65. The van der Waals surface area contributed by atoms with Gasteiger partial charge in [-0.1, -0.05) is 42.0 Å². The highest BCUT2D eigenvalue weighted by molar-refractivity contribution is 6.04. The van der Waals surface area contributed by atoms with Crippen molar-refractivity contribution < 1.29 is 9.59 Å². The molecule has 0 aliphatic carbocycles. The maximum Gasteiger partial charge on any atom is 0.251 e. The van der Waals surface area contributed by atoms with E-state index < -0.39 is 6.04 Å². The van der Waals surface area contributed by atoms with Crippen molar-refractivity contribution in [1.82, 2.24) is 9.78 Å². The van der Waals surface area contributed by atoms with Gasteiger partial charge in [-0.25, -0.2) is 4.68 Å². The first-order valence-corrected chi connectivity index (χ1v) is 9.67. The summed E-state index contributed by atoms with van der Waals surface area (Å²) in [6.45, 7) is 7.87. The van der Waals surface area contributed by atoms with Gasteiger partial charge in [0.15, 0.2) is 0 Å². The van der Waals surface area contributed by atoms with E-state index in [2.05, 4.69) is 15.7 Å². The number of aromatic nitrogens is 2. The average Bonchev–Trinajstić information content (AvgIpc) is 3.13. The fourth-order valence-electron chi connectivity index (χ4n) is 3.70. The molecule has 0 saturated carbocycles. The smallest absolute Gasteiger partial charge is 0.251 e. The third-order valence-electron chi connectivity index (χ3n) is 5.31. The highest BCUT2D eigenvalue weighted by Gasteiger charge is 2.36. The quantitative estimate of drug-likeness (QED) is 0.699. The molecule has 2 amide bonds. The first kappa shape index (κ1) is 18.9. The van der Waals surface area contributed by atoms with Crippen LogP contribution < -0.4 is 10.6 Å². The fourth-order valence-corrected chi connectivity index (χ4v) is 3.70. The van der Waals surface area contributed by atoms with Gasteiger partial charge in [-0.3, -0.25) is 9.59 Å². The Kier molecular flexibility index (Phi) is 4.70. The van der Waals surface area contributed by atoms with Crippen LogP contribution in [0.25, 0.3) is 11.1 Å². The Balaban J connectivity index is 1.59. The number of fused-ring (bicyclic) bond motifs is 1. The number of carbonyl (C=O) groups is 2. The molecule has 0 fully saturated rings. The van der Waals surface area contributed by atoms with E-state index in [-0.39, 0.29) is 18.2 Å². The van der Waals surface area contributed by atoms with Crippen LogP contribution in [0, 0.1) is 27.7 Å². The predicted octanol–water partition coefficient (Wildman–Crippen LogP) is 4.31. The summed E-state index contributed by atoms with van der Waals surface area (Å²) in [5.74, 6) is 0.231. The van der Waals surface area contributed by atoms with Gasteiger partial charge in [0.2, 0.25) is 5.91 Å². The van der Waals surface area contributed by atoms with Crippen LogP contribution in [0.1, 0.15) is 34.8 Å². The Morgan fingerprint density at radius 3 is 2.48 bits per heavy atom. The van der Waals surface area contributed by atoms with Crippen LogP contribution in [0.4, 0.5) is 11.5 Å². The molecule has 6 heteroatoms. The molecule has 148 valence electrons. The van der Waals surface area contributed by atoms with Crippen LogP contribution in [-0.2, 0) is 9.59 Å². The lowest BCUT2D eigenvalue weighted by Gasteiger charge is -2.12. The number of hydrogen-bond donors (Lipinski definition) is 2. The molecule has 4 rings (SSSR count). The minimum Gasteiger partial charge on any atom is -0.326 e. The van der Waals surface area contributed by atoms with Gasteiger partial charge < -0.3 is 10.6 Å². The lowest BCUT2D eigenvalue weighted by atomic mass is 10.0. The van der Waals surface area contributed by atoms with Crippen LogP contribution in [0.3, 0.4) is 0 Å². The Bertz CT molecular complexity index is 1110. The van der Waals surface area contributed by atoms with E-state index >= 15 is 0 Å². The summed E-state index contributed by atoms with van der Waals surface area (Å²) in [6, 6.07) is 13.3. The second kappa shape index (κ2) is 7.20. The highest BCUT2D eigenvalue weighted by Crippen LogP contribution is 2.38. The number of carbonyl (C=O) groups excluding carboxylic acids is 2. The maximum absolute atomic E-state index is 12.7. The Hall–Kier alpha value is -3.41. The van der Waals surface area contributed by atoms with Gasteiger partial charge in [0.25, 0.3) is 5.91 Å². The molecule has 1 unspecified atom stereocenters. The van der Waals surface area contributed by atoms with Crippen LogP contribution in [-0.4, -0.2) is 21.6 Å². The van der Waals surface area contributed by atoms with Crippen molar-refractivity contribution in [1.29, 1.82) is 0 Å². The van der Waals surface area contributed by atoms with Crippen molar-refractivity contribution in [2.75, 3.05) is 10.6 Å². The number of rotatable bonds is 4. The lowest BCUT2D eigenvalue weighted by molar-refractivity contribution is -0.123. The van der Waals surface area contributed by atoms with Crippen molar-refractivity contribution in [3.8, 4) is 11.1 Å². The first-order valence-electron chi connectivity index (χ1n) is 9.67. The molecule has 29 heavy (non-hydrogen) atoms. The zero-order valence-corrected chi connectivity index (χ0v) is 17.0. The van der Waals surface area contributed by atoms with E-state index in [0.717, 1.165) is 33.6 Å².